The second-order valence-corrected chi connectivity index (χ2v) is 6.29. The van der Waals surface area contributed by atoms with E-state index >= 15 is 0 Å². The van der Waals surface area contributed by atoms with Crippen LogP contribution in [0.1, 0.15) is 32.0 Å². The zero-order valence-electron chi connectivity index (χ0n) is 14.0. The summed E-state index contributed by atoms with van der Waals surface area (Å²) in [5.41, 5.74) is 2.30. The Hall–Kier alpha value is -2.56. The van der Waals surface area contributed by atoms with E-state index in [1.165, 1.54) is 0 Å². The molecule has 122 valence electrons. The molecule has 0 saturated heterocycles. The minimum Gasteiger partial charge on any atom is -0.444 e. The van der Waals surface area contributed by atoms with Crippen LogP contribution in [0.2, 0.25) is 0 Å². The first-order valence-corrected chi connectivity index (χ1v) is 7.59. The molecule has 0 fully saturated rings. The predicted octanol–water partition coefficient (Wildman–Crippen LogP) is 4.16. The molecule has 1 amide bonds. The smallest absolute Gasteiger partial charge is 0.407 e. The second kappa shape index (κ2) is 7.13. The van der Waals surface area contributed by atoms with E-state index in [1.807, 2.05) is 70.2 Å². The topological polar surface area (TPSA) is 63.2 Å². The number of benzene rings is 1. The summed E-state index contributed by atoms with van der Waals surface area (Å²) in [6.07, 6.45) is -0.427. The zero-order chi connectivity index (χ0) is 16.9. The maximum Gasteiger partial charge on any atom is 0.407 e. The van der Waals surface area contributed by atoms with E-state index in [0.29, 0.717) is 6.54 Å². The Kier molecular flexibility index (Phi) is 5.21. The van der Waals surface area contributed by atoms with Crippen molar-refractivity contribution in [3.8, 4) is 0 Å². The normalized spacial score (nSPS) is 11.0. The highest BCUT2D eigenvalue weighted by Crippen LogP contribution is 2.16. The Morgan fingerprint density at radius 3 is 2.43 bits per heavy atom. The number of pyridine rings is 1. The molecule has 1 heterocycles. The van der Waals surface area contributed by atoms with Crippen molar-refractivity contribution in [3.05, 3.63) is 53.7 Å². The average Bonchev–Trinajstić information content (AvgIpc) is 2.45. The Bertz CT molecular complexity index is 664. The highest BCUT2D eigenvalue weighted by atomic mass is 16.6. The molecule has 1 aromatic carbocycles. The van der Waals surface area contributed by atoms with Crippen molar-refractivity contribution in [2.45, 2.75) is 39.8 Å². The SMILES string of the molecule is Cc1nc(Nc2ccccc2)ccc1CNC(=O)OC(C)(C)C. The molecule has 2 aromatic rings. The number of para-hydroxylation sites is 1. The van der Waals surface area contributed by atoms with Crippen LogP contribution in [0.3, 0.4) is 0 Å². The van der Waals surface area contributed by atoms with Gasteiger partial charge in [-0.25, -0.2) is 9.78 Å². The number of rotatable bonds is 4. The molecule has 0 aliphatic heterocycles. The molecule has 0 atom stereocenters. The third kappa shape index (κ3) is 5.62. The minimum absolute atomic E-state index is 0.388. The summed E-state index contributed by atoms with van der Waals surface area (Å²) < 4.78 is 5.22. The number of ether oxygens (including phenoxy) is 1. The van der Waals surface area contributed by atoms with Gasteiger partial charge in [0.15, 0.2) is 0 Å². The fourth-order valence-electron chi connectivity index (χ4n) is 2.00. The molecular weight excluding hydrogens is 290 g/mol. The van der Waals surface area contributed by atoms with E-state index in [-0.39, 0.29) is 0 Å². The lowest BCUT2D eigenvalue weighted by molar-refractivity contribution is 0.0523. The number of amides is 1. The number of aryl methyl sites for hydroxylation is 1. The van der Waals surface area contributed by atoms with Crippen molar-refractivity contribution < 1.29 is 9.53 Å². The van der Waals surface area contributed by atoms with Crippen LogP contribution in [0.5, 0.6) is 0 Å². The first-order valence-electron chi connectivity index (χ1n) is 7.59. The Morgan fingerprint density at radius 2 is 1.83 bits per heavy atom. The summed E-state index contributed by atoms with van der Waals surface area (Å²) in [7, 11) is 0. The van der Waals surface area contributed by atoms with E-state index in [4.69, 9.17) is 4.74 Å². The standard InChI is InChI=1S/C18H23N3O2/c1-13-14(12-19-17(22)23-18(2,3)4)10-11-16(20-13)21-15-8-6-5-7-9-15/h5-11H,12H2,1-4H3,(H,19,22)(H,20,21). The predicted molar refractivity (Wildman–Crippen MR) is 91.8 cm³/mol. The van der Waals surface area contributed by atoms with Crippen molar-refractivity contribution in [1.29, 1.82) is 0 Å². The van der Waals surface area contributed by atoms with Gasteiger partial charge in [0.1, 0.15) is 11.4 Å². The Morgan fingerprint density at radius 1 is 1.13 bits per heavy atom. The van der Waals surface area contributed by atoms with Crippen LogP contribution in [0, 0.1) is 6.92 Å². The molecule has 0 unspecified atom stereocenters. The highest BCUT2D eigenvalue weighted by Gasteiger charge is 2.16. The molecule has 5 nitrogen and oxygen atoms in total. The molecule has 0 spiro atoms. The van der Waals surface area contributed by atoms with Gasteiger partial charge in [-0.3, -0.25) is 0 Å². The molecule has 5 heteroatoms. The summed E-state index contributed by atoms with van der Waals surface area (Å²) in [4.78, 5) is 16.2. The van der Waals surface area contributed by atoms with Crippen LogP contribution in [0.25, 0.3) is 0 Å². The van der Waals surface area contributed by atoms with Gasteiger partial charge in [-0.1, -0.05) is 24.3 Å². The molecule has 0 aliphatic rings. The van der Waals surface area contributed by atoms with Gasteiger partial charge in [0.2, 0.25) is 0 Å². The molecule has 2 N–H and O–H groups in total. The molecule has 0 saturated carbocycles. The van der Waals surface area contributed by atoms with Crippen LogP contribution in [-0.4, -0.2) is 16.7 Å². The third-order valence-electron chi connectivity index (χ3n) is 3.06. The molecule has 23 heavy (non-hydrogen) atoms. The third-order valence-corrected chi connectivity index (χ3v) is 3.06. The summed E-state index contributed by atoms with van der Waals surface area (Å²) >= 11 is 0. The van der Waals surface area contributed by atoms with E-state index in [2.05, 4.69) is 15.6 Å². The van der Waals surface area contributed by atoms with Gasteiger partial charge in [0.25, 0.3) is 0 Å². The van der Waals surface area contributed by atoms with Crippen molar-refractivity contribution >= 4 is 17.6 Å². The molecule has 2 rings (SSSR count). The number of carbonyl (C=O) groups excluding carboxylic acids is 1. The van der Waals surface area contributed by atoms with Crippen LogP contribution >= 0.6 is 0 Å². The Balaban J connectivity index is 1.96. The van der Waals surface area contributed by atoms with E-state index in [9.17, 15) is 4.79 Å². The van der Waals surface area contributed by atoms with Crippen molar-refractivity contribution in [3.63, 3.8) is 0 Å². The van der Waals surface area contributed by atoms with Crippen LogP contribution in [0.4, 0.5) is 16.3 Å². The molecule has 0 radical (unpaired) electrons. The zero-order valence-corrected chi connectivity index (χ0v) is 14.0. The van der Waals surface area contributed by atoms with E-state index in [0.717, 1.165) is 22.8 Å². The van der Waals surface area contributed by atoms with Gasteiger partial charge in [0, 0.05) is 17.9 Å². The second-order valence-electron chi connectivity index (χ2n) is 6.29. The number of hydrogen-bond donors (Lipinski definition) is 2. The molecule has 0 aliphatic carbocycles. The largest absolute Gasteiger partial charge is 0.444 e. The summed E-state index contributed by atoms with van der Waals surface area (Å²) in [5.74, 6) is 0.773. The first-order chi connectivity index (χ1) is 10.8. The monoisotopic (exact) mass is 313 g/mol. The van der Waals surface area contributed by atoms with Crippen LogP contribution < -0.4 is 10.6 Å². The summed E-state index contributed by atoms with van der Waals surface area (Å²) in [5, 5.41) is 5.99. The number of carbonyl (C=O) groups is 1. The van der Waals surface area contributed by atoms with Gasteiger partial charge in [-0.2, -0.15) is 0 Å². The summed E-state index contributed by atoms with van der Waals surface area (Å²) in [6.45, 7) is 7.82. The lowest BCUT2D eigenvalue weighted by Crippen LogP contribution is -2.32. The number of hydrogen-bond acceptors (Lipinski definition) is 4. The quantitative estimate of drug-likeness (QED) is 0.889. The Labute approximate surface area is 137 Å². The lowest BCUT2D eigenvalue weighted by atomic mass is 10.2. The molecular formula is C18H23N3O2. The fraction of sp³-hybridized carbons (Fsp3) is 0.333. The van der Waals surface area contributed by atoms with Gasteiger partial charge in [-0.15, -0.1) is 0 Å². The van der Waals surface area contributed by atoms with Crippen molar-refractivity contribution in [2.24, 2.45) is 0 Å². The van der Waals surface area contributed by atoms with E-state index < -0.39 is 11.7 Å². The maximum atomic E-state index is 11.7. The highest BCUT2D eigenvalue weighted by molar-refractivity contribution is 5.67. The van der Waals surface area contributed by atoms with Gasteiger partial charge in [0.05, 0.1) is 0 Å². The van der Waals surface area contributed by atoms with Crippen LogP contribution in [-0.2, 0) is 11.3 Å². The number of alkyl carbamates (subject to hydrolysis) is 1. The molecule has 1 aromatic heterocycles. The van der Waals surface area contributed by atoms with Gasteiger partial charge in [-0.05, 0) is 51.5 Å². The molecule has 0 bridgehead atoms. The average molecular weight is 313 g/mol. The number of anilines is 2. The van der Waals surface area contributed by atoms with E-state index in [1.54, 1.807) is 0 Å². The number of nitrogens with zero attached hydrogens (tertiary/aromatic N) is 1. The number of nitrogens with one attached hydrogen (secondary N) is 2. The maximum absolute atomic E-state index is 11.7. The van der Waals surface area contributed by atoms with Crippen molar-refractivity contribution in [1.82, 2.24) is 10.3 Å². The van der Waals surface area contributed by atoms with Gasteiger partial charge < -0.3 is 15.4 Å². The van der Waals surface area contributed by atoms with Crippen LogP contribution in [0.15, 0.2) is 42.5 Å². The van der Waals surface area contributed by atoms with Crippen molar-refractivity contribution in [2.75, 3.05) is 5.32 Å². The lowest BCUT2D eigenvalue weighted by Gasteiger charge is -2.20. The van der Waals surface area contributed by atoms with Gasteiger partial charge >= 0.3 is 6.09 Å². The fourth-order valence-corrected chi connectivity index (χ4v) is 2.00. The number of aromatic nitrogens is 1. The first kappa shape index (κ1) is 16.8. The minimum atomic E-state index is -0.499. The summed E-state index contributed by atoms with van der Waals surface area (Å²) in [6, 6.07) is 13.7.